The van der Waals surface area contributed by atoms with Gasteiger partial charge in [-0.1, -0.05) is 19.3 Å². The summed E-state index contributed by atoms with van der Waals surface area (Å²) in [5.74, 6) is 0.0522. The molecule has 25 heavy (non-hydrogen) atoms. The van der Waals surface area contributed by atoms with Crippen LogP contribution in [0.2, 0.25) is 0 Å². The zero-order chi connectivity index (χ0) is 18.0. The van der Waals surface area contributed by atoms with Crippen molar-refractivity contribution in [3.8, 4) is 5.75 Å². The smallest absolute Gasteiger partial charge is 0.343 e. The van der Waals surface area contributed by atoms with Crippen LogP contribution >= 0.6 is 15.9 Å². The van der Waals surface area contributed by atoms with Gasteiger partial charge in [-0.3, -0.25) is 4.79 Å². The summed E-state index contributed by atoms with van der Waals surface area (Å²) in [6.07, 6.45) is 7.21. The van der Waals surface area contributed by atoms with Gasteiger partial charge in [0.15, 0.2) is 5.75 Å². The van der Waals surface area contributed by atoms with E-state index in [0.717, 1.165) is 35.7 Å². The van der Waals surface area contributed by atoms with Gasteiger partial charge in [0.05, 0.1) is 29.1 Å². The van der Waals surface area contributed by atoms with Crippen LogP contribution in [0.4, 0.5) is 0 Å². The first-order chi connectivity index (χ1) is 12.1. The maximum Gasteiger partial charge on any atom is 0.343 e. The number of methoxy groups -OCH3 is 1. The summed E-state index contributed by atoms with van der Waals surface area (Å²) >= 11 is 3.50. The molecule has 0 amide bonds. The van der Waals surface area contributed by atoms with Crippen molar-refractivity contribution >= 4 is 32.8 Å². The second kappa shape index (κ2) is 7.60. The van der Waals surface area contributed by atoms with E-state index in [0.29, 0.717) is 11.1 Å². The van der Waals surface area contributed by atoms with Crippen molar-refractivity contribution in [2.45, 2.75) is 45.1 Å². The van der Waals surface area contributed by atoms with E-state index in [2.05, 4.69) is 15.9 Å². The summed E-state index contributed by atoms with van der Waals surface area (Å²) in [5, 5.41) is 0.483. The highest BCUT2D eigenvalue weighted by molar-refractivity contribution is 9.10. The monoisotopic (exact) mass is 407 g/mol. The Morgan fingerprint density at radius 1 is 1.28 bits per heavy atom. The number of carbonyl (C=O) groups excluding carboxylic acids is 1. The minimum absolute atomic E-state index is 0.0873. The number of carbonyl (C=O) groups is 1. The van der Waals surface area contributed by atoms with Crippen LogP contribution < -0.4 is 10.2 Å². The normalized spacial score (nSPS) is 15.3. The molecular weight excluding hydrogens is 386 g/mol. The Bertz CT molecular complexity index is 853. The zero-order valence-electron chi connectivity index (χ0n) is 14.5. The van der Waals surface area contributed by atoms with Gasteiger partial charge < -0.3 is 14.0 Å². The zero-order valence-corrected chi connectivity index (χ0v) is 16.1. The Morgan fingerprint density at radius 2 is 2.00 bits per heavy atom. The molecule has 1 aliphatic carbocycles. The van der Waals surface area contributed by atoms with Crippen molar-refractivity contribution in [2.75, 3.05) is 13.7 Å². The van der Waals surface area contributed by atoms with Gasteiger partial charge in [-0.2, -0.15) is 0 Å². The second-order valence-corrected chi connectivity index (χ2v) is 7.12. The standard InChI is InChI=1S/C19H22BrNO4/c1-3-25-19(23)14-11-21(12-7-5-4-6-8-12)16-13(17(14)22)9-10-15(20)18(16)24-2/h9-12H,3-8H2,1-2H3. The van der Waals surface area contributed by atoms with Crippen molar-refractivity contribution in [3.63, 3.8) is 0 Å². The summed E-state index contributed by atoms with van der Waals surface area (Å²) in [4.78, 5) is 25.2. The van der Waals surface area contributed by atoms with E-state index < -0.39 is 5.97 Å². The maximum atomic E-state index is 12.9. The number of rotatable bonds is 4. The highest BCUT2D eigenvalue weighted by atomic mass is 79.9. The second-order valence-electron chi connectivity index (χ2n) is 6.27. The number of ether oxygens (including phenoxy) is 2. The molecule has 0 aliphatic heterocycles. The first kappa shape index (κ1) is 18.0. The topological polar surface area (TPSA) is 57.5 Å². The lowest BCUT2D eigenvalue weighted by molar-refractivity contribution is 0.0524. The number of nitrogens with zero attached hydrogens (tertiary/aromatic N) is 1. The molecule has 134 valence electrons. The van der Waals surface area contributed by atoms with Crippen molar-refractivity contribution in [1.29, 1.82) is 0 Å². The van der Waals surface area contributed by atoms with Gasteiger partial charge in [0.2, 0.25) is 5.43 Å². The Morgan fingerprint density at radius 3 is 2.64 bits per heavy atom. The van der Waals surface area contributed by atoms with Crippen molar-refractivity contribution in [3.05, 3.63) is 38.6 Å². The van der Waals surface area contributed by atoms with E-state index in [-0.39, 0.29) is 23.6 Å². The number of benzene rings is 1. The molecule has 0 radical (unpaired) electrons. The highest BCUT2D eigenvalue weighted by Crippen LogP contribution is 2.37. The Labute approximate surface area is 155 Å². The van der Waals surface area contributed by atoms with Crippen molar-refractivity contribution in [1.82, 2.24) is 4.57 Å². The highest BCUT2D eigenvalue weighted by Gasteiger charge is 2.24. The number of esters is 1. The summed E-state index contributed by atoms with van der Waals surface area (Å²) in [5.41, 5.74) is 0.512. The van der Waals surface area contributed by atoms with E-state index in [4.69, 9.17) is 9.47 Å². The number of aromatic nitrogens is 1. The predicted molar refractivity (Wildman–Crippen MR) is 101 cm³/mol. The number of pyridine rings is 1. The van der Waals surface area contributed by atoms with Gasteiger partial charge in [0, 0.05) is 12.2 Å². The van der Waals surface area contributed by atoms with E-state index in [1.54, 1.807) is 32.4 Å². The molecule has 1 aromatic carbocycles. The number of fused-ring (bicyclic) bond motifs is 1. The SMILES string of the molecule is CCOC(=O)c1cn(C2CCCCC2)c2c(OC)c(Br)ccc2c1=O. The fourth-order valence-electron chi connectivity index (χ4n) is 3.59. The molecule has 0 bridgehead atoms. The summed E-state index contributed by atoms with van der Waals surface area (Å²) < 4.78 is 13.5. The molecule has 1 aliphatic rings. The minimum Gasteiger partial charge on any atom is -0.493 e. The van der Waals surface area contributed by atoms with Gasteiger partial charge in [-0.15, -0.1) is 0 Å². The fourth-order valence-corrected chi connectivity index (χ4v) is 4.07. The molecule has 1 heterocycles. The largest absolute Gasteiger partial charge is 0.493 e. The van der Waals surface area contributed by atoms with Gasteiger partial charge in [0.25, 0.3) is 0 Å². The van der Waals surface area contributed by atoms with Crippen LogP contribution in [0.5, 0.6) is 5.75 Å². The lowest BCUT2D eigenvalue weighted by Crippen LogP contribution is -2.24. The third-order valence-electron chi connectivity index (χ3n) is 4.77. The van der Waals surface area contributed by atoms with Crippen LogP contribution in [0.1, 0.15) is 55.4 Å². The van der Waals surface area contributed by atoms with Gasteiger partial charge in [-0.05, 0) is 47.8 Å². The molecule has 0 atom stereocenters. The summed E-state index contributed by atoms with van der Waals surface area (Å²) in [6, 6.07) is 3.77. The van der Waals surface area contributed by atoms with E-state index in [9.17, 15) is 9.59 Å². The lowest BCUT2D eigenvalue weighted by atomic mass is 9.94. The molecule has 0 N–H and O–H groups in total. The Kier molecular flexibility index (Phi) is 5.47. The van der Waals surface area contributed by atoms with E-state index >= 15 is 0 Å². The molecule has 1 aromatic heterocycles. The minimum atomic E-state index is -0.569. The number of hydrogen-bond acceptors (Lipinski definition) is 4. The lowest BCUT2D eigenvalue weighted by Gasteiger charge is -2.27. The molecular formula is C19H22BrNO4. The maximum absolute atomic E-state index is 12.9. The molecule has 1 saturated carbocycles. The van der Waals surface area contributed by atoms with Crippen LogP contribution in [-0.4, -0.2) is 24.3 Å². The van der Waals surface area contributed by atoms with Gasteiger partial charge >= 0.3 is 5.97 Å². The van der Waals surface area contributed by atoms with Gasteiger partial charge in [0.1, 0.15) is 5.56 Å². The first-order valence-corrected chi connectivity index (χ1v) is 9.46. The predicted octanol–water partition coefficient (Wildman–Crippen LogP) is 4.45. The van der Waals surface area contributed by atoms with Crippen molar-refractivity contribution in [2.24, 2.45) is 0 Å². The molecule has 0 saturated heterocycles. The number of halogens is 1. The van der Waals surface area contributed by atoms with Crippen LogP contribution in [0, 0.1) is 0 Å². The summed E-state index contributed by atoms with van der Waals surface area (Å²) in [7, 11) is 1.59. The molecule has 0 unspecified atom stereocenters. The van der Waals surface area contributed by atoms with Crippen LogP contribution in [0.15, 0.2) is 27.6 Å². The summed E-state index contributed by atoms with van der Waals surface area (Å²) in [6.45, 7) is 1.97. The average Bonchev–Trinajstić information content (AvgIpc) is 2.63. The average molecular weight is 408 g/mol. The third kappa shape index (κ3) is 3.32. The molecule has 0 spiro atoms. The van der Waals surface area contributed by atoms with Gasteiger partial charge in [-0.25, -0.2) is 4.79 Å². The fraction of sp³-hybridized carbons (Fsp3) is 0.474. The molecule has 2 aromatic rings. The van der Waals surface area contributed by atoms with Crippen LogP contribution in [-0.2, 0) is 4.74 Å². The molecule has 1 fully saturated rings. The third-order valence-corrected chi connectivity index (χ3v) is 5.39. The molecule has 6 heteroatoms. The number of hydrogen-bond donors (Lipinski definition) is 0. The van der Waals surface area contributed by atoms with Crippen LogP contribution in [0.25, 0.3) is 10.9 Å². The molecule has 5 nitrogen and oxygen atoms in total. The quantitative estimate of drug-likeness (QED) is 0.702. The van der Waals surface area contributed by atoms with E-state index in [1.165, 1.54) is 6.42 Å². The Hall–Kier alpha value is -1.82. The Balaban J connectivity index is 2.32. The first-order valence-electron chi connectivity index (χ1n) is 8.67. The van der Waals surface area contributed by atoms with E-state index in [1.807, 2.05) is 4.57 Å². The van der Waals surface area contributed by atoms with Crippen molar-refractivity contribution < 1.29 is 14.3 Å². The van der Waals surface area contributed by atoms with Crippen LogP contribution in [0.3, 0.4) is 0 Å². The molecule has 3 rings (SSSR count).